The fraction of sp³-hybridized carbons (Fsp3) is 0.722. The molecule has 1 aromatic rings. The normalized spacial score (nSPS) is 25.5. The lowest BCUT2D eigenvalue weighted by Gasteiger charge is -2.25. The maximum absolute atomic E-state index is 13.1. The van der Waals surface area contributed by atoms with Gasteiger partial charge >= 0.3 is 0 Å². The van der Waals surface area contributed by atoms with Crippen LogP contribution in [0.4, 0.5) is 5.82 Å². The van der Waals surface area contributed by atoms with E-state index in [0.29, 0.717) is 5.91 Å². The van der Waals surface area contributed by atoms with E-state index in [1.807, 2.05) is 36.0 Å². The van der Waals surface area contributed by atoms with Crippen LogP contribution in [-0.2, 0) is 4.79 Å². The summed E-state index contributed by atoms with van der Waals surface area (Å²) in [6.07, 6.45) is 2.02. The van der Waals surface area contributed by atoms with Crippen LogP contribution in [0.2, 0.25) is 0 Å². The van der Waals surface area contributed by atoms with Gasteiger partial charge in [0, 0.05) is 26.6 Å². The first-order valence-corrected chi connectivity index (χ1v) is 8.49. The third-order valence-electron chi connectivity index (χ3n) is 6.27. The molecular weight excluding hydrogens is 288 g/mol. The van der Waals surface area contributed by atoms with Crippen LogP contribution in [-0.4, -0.2) is 41.6 Å². The number of hydrogen-bond donors (Lipinski definition) is 0. The van der Waals surface area contributed by atoms with Crippen LogP contribution < -0.4 is 4.90 Å². The van der Waals surface area contributed by atoms with Gasteiger partial charge in [0.25, 0.3) is 0 Å². The quantitative estimate of drug-likeness (QED) is 0.860. The molecule has 5 heteroatoms. The van der Waals surface area contributed by atoms with Crippen LogP contribution >= 0.6 is 0 Å². The van der Waals surface area contributed by atoms with Crippen molar-refractivity contribution in [3.05, 3.63) is 17.8 Å². The summed E-state index contributed by atoms with van der Waals surface area (Å²) >= 11 is 0. The zero-order valence-corrected chi connectivity index (χ0v) is 15.1. The molecule has 0 radical (unpaired) electrons. The topological polar surface area (TPSA) is 49.3 Å². The molecule has 126 valence electrons. The van der Waals surface area contributed by atoms with Gasteiger partial charge < -0.3 is 9.80 Å². The summed E-state index contributed by atoms with van der Waals surface area (Å²) in [4.78, 5) is 17.0. The molecule has 1 unspecified atom stereocenters. The van der Waals surface area contributed by atoms with Gasteiger partial charge in [0.2, 0.25) is 5.91 Å². The highest BCUT2D eigenvalue weighted by Crippen LogP contribution is 2.69. The van der Waals surface area contributed by atoms with Gasteiger partial charge in [-0.1, -0.05) is 27.7 Å². The first-order chi connectivity index (χ1) is 10.7. The van der Waals surface area contributed by atoms with Crippen molar-refractivity contribution in [2.24, 2.45) is 16.7 Å². The van der Waals surface area contributed by atoms with E-state index in [1.165, 1.54) is 0 Å². The molecule has 1 saturated carbocycles. The fourth-order valence-electron chi connectivity index (χ4n) is 4.07. The number of nitrogens with zero attached hydrogens (tertiary/aromatic N) is 4. The smallest absolute Gasteiger partial charge is 0.227 e. The van der Waals surface area contributed by atoms with E-state index in [4.69, 9.17) is 0 Å². The fourth-order valence-corrected chi connectivity index (χ4v) is 4.07. The number of carbonyl (C=O) groups is 1. The lowest BCUT2D eigenvalue weighted by molar-refractivity contribution is -0.134. The Morgan fingerprint density at radius 2 is 1.83 bits per heavy atom. The predicted octanol–water partition coefficient (Wildman–Crippen LogP) is 2.89. The highest BCUT2D eigenvalue weighted by molar-refractivity contribution is 5.84. The van der Waals surface area contributed by atoms with E-state index in [0.717, 1.165) is 30.9 Å². The first-order valence-electron chi connectivity index (χ1n) is 8.49. The minimum absolute atomic E-state index is 0.0810. The van der Waals surface area contributed by atoms with Crippen molar-refractivity contribution >= 4 is 11.7 Å². The van der Waals surface area contributed by atoms with Crippen LogP contribution in [0.3, 0.4) is 0 Å². The lowest BCUT2D eigenvalue weighted by atomic mass is 10.0. The van der Waals surface area contributed by atoms with Gasteiger partial charge in [-0.25, -0.2) is 0 Å². The molecule has 0 bridgehead atoms. The summed E-state index contributed by atoms with van der Waals surface area (Å²) in [5.74, 6) is 1.25. The zero-order chi connectivity index (χ0) is 17.0. The van der Waals surface area contributed by atoms with Gasteiger partial charge in [-0.2, -0.15) is 5.10 Å². The van der Waals surface area contributed by atoms with Crippen LogP contribution in [0, 0.1) is 16.7 Å². The molecule has 3 rings (SSSR count). The Morgan fingerprint density at radius 1 is 1.17 bits per heavy atom. The summed E-state index contributed by atoms with van der Waals surface area (Å²) in [5, 5.41) is 8.65. The molecule has 2 aliphatic rings. The molecule has 23 heavy (non-hydrogen) atoms. The van der Waals surface area contributed by atoms with Crippen LogP contribution in [0.25, 0.3) is 0 Å². The minimum Gasteiger partial charge on any atom is -0.361 e. The Bertz CT molecular complexity index is 592. The molecule has 0 aromatic carbocycles. The van der Waals surface area contributed by atoms with Crippen molar-refractivity contribution in [3.8, 4) is 0 Å². The molecule has 0 spiro atoms. The van der Waals surface area contributed by atoms with Gasteiger partial charge in [0.15, 0.2) is 5.82 Å². The molecule has 0 N–H and O–H groups in total. The second-order valence-electron chi connectivity index (χ2n) is 8.28. The monoisotopic (exact) mass is 316 g/mol. The number of carbonyl (C=O) groups excluding carboxylic acids is 1. The lowest BCUT2D eigenvalue weighted by Crippen LogP contribution is -2.34. The third kappa shape index (κ3) is 2.41. The Balaban J connectivity index is 1.80. The van der Waals surface area contributed by atoms with Crippen molar-refractivity contribution in [3.63, 3.8) is 0 Å². The third-order valence-corrected chi connectivity index (χ3v) is 6.27. The SMILES string of the molecule is CN(C)c1ccc(C2CCCN2C(=O)C2C(C)(C)C2(C)C)nn1. The molecular formula is C18H28N4O. The average molecular weight is 316 g/mol. The summed E-state index contributed by atoms with van der Waals surface area (Å²) in [6.45, 7) is 9.64. The maximum atomic E-state index is 13.1. The second kappa shape index (κ2) is 5.18. The Labute approximate surface area is 139 Å². The van der Waals surface area contributed by atoms with Crippen LogP contribution in [0.1, 0.15) is 52.3 Å². The first kappa shape index (κ1) is 16.2. The van der Waals surface area contributed by atoms with Gasteiger partial charge in [-0.15, -0.1) is 5.10 Å². The minimum atomic E-state index is 0.0810. The zero-order valence-electron chi connectivity index (χ0n) is 15.1. The molecule has 1 aliphatic heterocycles. The second-order valence-corrected chi connectivity index (χ2v) is 8.28. The van der Waals surface area contributed by atoms with E-state index < -0.39 is 0 Å². The van der Waals surface area contributed by atoms with Crippen LogP contribution in [0.5, 0.6) is 0 Å². The molecule has 1 aromatic heterocycles. The van der Waals surface area contributed by atoms with Gasteiger partial charge in [-0.3, -0.25) is 4.79 Å². The van der Waals surface area contributed by atoms with Crippen molar-refractivity contribution in [2.75, 3.05) is 25.5 Å². The Morgan fingerprint density at radius 3 is 2.30 bits per heavy atom. The summed E-state index contributed by atoms with van der Waals surface area (Å²) in [5.41, 5.74) is 1.08. The molecule has 1 saturated heterocycles. The molecule has 1 atom stereocenters. The number of amides is 1. The summed E-state index contributed by atoms with van der Waals surface area (Å²) < 4.78 is 0. The molecule has 2 heterocycles. The summed E-state index contributed by atoms with van der Waals surface area (Å²) in [6, 6.07) is 4.08. The molecule has 1 amide bonds. The van der Waals surface area contributed by atoms with Gasteiger partial charge in [0.1, 0.15) is 0 Å². The average Bonchev–Trinajstić information content (AvgIpc) is 2.86. The standard InChI is InChI=1S/C18H28N4O/c1-17(2)15(18(17,3)4)16(23)22-11-7-8-13(22)12-9-10-14(20-19-12)21(5)6/h9-10,13,15H,7-8,11H2,1-6H3. The Kier molecular flexibility index (Phi) is 3.65. The van der Waals surface area contributed by atoms with Crippen molar-refractivity contribution in [1.29, 1.82) is 0 Å². The van der Waals surface area contributed by atoms with Gasteiger partial charge in [0.05, 0.1) is 11.7 Å². The van der Waals surface area contributed by atoms with E-state index in [9.17, 15) is 4.79 Å². The largest absolute Gasteiger partial charge is 0.361 e. The molecule has 2 fully saturated rings. The highest BCUT2D eigenvalue weighted by atomic mass is 16.2. The highest BCUT2D eigenvalue weighted by Gasteiger charge is 2.69. The number of likely N-dealkylation sites (tertiary alicyclic amines) is 1. The van der Waals surface area contributed by atoms with E-state index >= 15 is 0 Å². The number of rotatable bonds is 3. The van der Waals surface area contributed by atoms with Crippen molar-refractivity contribution in [1.82, 2.24) is 15.1 Å². The van der Waals surface area contributed by atoms with Crippen molar-refractivity contribution < 1.29 is 4.79 Å². The number of aromatic nitrogens is 2. The summed E-state index contributed by atoms with van der Waals surface area (Å²) in [7, 11) is 3.90. The number of hydrogen-bond acceptors (Lipinski definition) is 4. The number of anilines is 1. The van der Waals surface area contributed by atoms with E-state index in [1.54, 1.807) is 0 Å². The molecule has 5 nitrogen and oxygen atoms in total. The van der Waals surface area contributed by atoms with Gasteiger partial charge in [-0.05, 0) is 35.8 Å². The molecule has 1 aliphatic carbocycles. The van der Waals surface area contributed by atoms with E-state index in [2.05, 4.69) is 37.9 Å². The van der Waals surface area contributed by atoms with Crippen LogP contribution in [0.15, 0.2) is 12.1 Å². The van der Waals surface area contributed by atoms with E-state index in [-0.39, 0.29) is 22.8 Å². The Hall–Kier alpha value is -1.65. The predicted molar refractivity (Wildman–Crippen MR) is 91.1 cm³/mol. The van der Waals surface area contributed by atoms with Crippen molar-refractivity contribution in [2.45, 2.75) is 46.6 Å². The maximum Gasteiger partial charge on any atom is 0.227 e.